The first-order valence-electron chi connectivity index (χ1n) is 5.23. The topological polar surface area (TPSA) is 38.7 Å². The van der Waals surface area contributed by atoms with Crippen LogP contribution < -0.4 is 0 Å². The molecule has 0 saturated heterocycles. The van der Waals surface area contributed by atoms with Crippen LogP contribution in [0.15, 0.2) is 39.3 Å². The van der Waals surface area contributed by atoms with Gasteiger partial charge in [0.1, 0.15) is 22.7 Å². The summed E-state index contributed by atoms with van der Waals surface area (Å²) in [4.78, 5) is 12.5. The second kappa shape index (κ2) is 4.62. The highest BCUT2D eigenvalue weighted by Crippen LogP contribution is 2.33. The van der Waals surface area contributed by atoms with Crippen molar-refractivity contribution in [1.82, 2.24) is 15.0 Å². The zero-order valence-electron chi connectivity index (χ0n) is 9.42. The van der Waals surface area contributed by atoms with E-state index in [-0.39, 0.29) is 5.82 Å². The molecule has 3 nitrogen and oxygen atoms in total. The molecule has 0 spiro atoms. The molecule has 6 heteroatoms. The number of para-hydroxylation sites is 1. The van der Waals surface area contributed by atoms with E-state index >= 15 is 0 Å². The van der Waals surface area contributed by atoms with E-state index in [1.54, 1.807) is 17.4 Å². The van der Waals surface area contributed by atoms with E-state index in [0.29, 0.717) is 5.52 Å². The van der Waals surface area contributed by atoms with Crippen LogP contribution in [0.4, 0.5) is 4.39 Å². The van der Waals surface area contributed by atoms with Gasteiger partial charge in [-0.15, -0.1) is 11.3 Å². The van der Waals surface area contributed by atoms with Gasteiger partial charge in [0.2, 0.25) is 0 Å². The third-order valence-electron chi connectivity index (χ3n) is 2.36. The maximum absolute atomic E-state index is 13.6. The van der Waals surface area contributed by atoms with Gasteiger partial charge in [0.05, 0.1) is 0 Å². The molecule has 2 heterocycles. The van der Waals surface area contributed by atoms with E-state index in [0.717, 1.165) is 20.4 Å². The molecule has 3 aromatic rings. The number of aromatic nitrogens is 3. The molecule has 0 atom stereocenters. The van der Waals surface area contributed by atoms with Gasteiger partial charge in [-0.25, -0.2) is 19.3 Å². The maximum Gasteiger partial charge on any atom is 0.156 e. The van der Waals surface area contributed by atoms with Gasteiger partial charge in [0.15, 0.2) is 4.34 Å². The number of hydrogen-bond acceptors (Lipinski definition) is 5. The molecule has 0 aliphatic carbocycles. The van der Waals surface area contributed by atoms with E-state index in [2.05, 4.69) is 15.0 Å². The lowest BCUT2D eigenvalue weighted by Gasteiger charge is -2.02. The summed E-state index contributed by atoms with van der Waals surface area (Å²) in [7, 11) is 0. The maximum atomic E-state index is 13.6. The van der Waals surface area contributed by atoms with Crippen LogP contribution in [-0.4, -0.2) is 15.0 Å². The molecule has 18 heavy (non-hydrogen) atoms. The Hall–Kier alpha value is -1.53. The summed E-state index contributed by atoms with van der Waals surface area (Å²) in [6.07, 6.45) is 1.38. The number of fused-ring (bicyclic) bond motifs is 1. The minimum Gasteiger partial charge on any atom is -0.235 e. The fourth-order valence-corrected chi connectivity index (χ4v) is 3.39. The minimum absolute atomic E-state index is 0.327. The Morgan fingerprint density at radius 3 is 2.94 bits per heavy atom. The van der Waals surface area contributed by atoms with Crippen LogP contribution in [-0.2, 0) is 0 Å². The monoisotopic (exact) mass is 277 g/mol. The molecule has 2 aromatic heterocycles. The molecule has 0 fully saturated rings. The van der Waals surface area contributed by atoms with Gasteiger partial charge in [-0.2, -0.15) is 0 Å². The molecule has 0 amide bonds. The summed E-state index contributed by atoms with van der Waals surface area (Å²) in [6, 6.07) is 4.89. The van der Waals surface area contributed by atoms with Crippen LogP contribution in [0.2, 0.25) is 0 Å². The average Bonchev–Trinajstić information content (AvgIpc) is 2.76. The van der Waals surface area contributed by atoms with Crippen LogP contribution >= 0.6 is 23.1 Å². The van der Waals surface area contributed by atoms with E-state index in [9.17, 15) is 4.39 Å². The molecular weight excluding hydrogens is 269 g/mol. The lowest BCUT2D eigenvalue weighted by molar-refractivity contribution is 0.636. The van der Waals surface area contributed by atoms with Crippen molar-refractivity contribution in [2.45, 2.75) is 16.3 Å². The van der Waals surface area contributed by atoms with Gasteiger partial charge in [-0.1, -0.05) is 6.07 Å². The van der Waals surface area contributed by atoms with Crippen molar-refractivity contribution in [3.05, 3.63) is 41.4 Å². The number of nitrogens with zero attached hydrogens (tertiary/aromatic N) is 3. The normalized spacial score (nSPS) is 11.0. The highest BCUT2D eigenvalue weighted by Gasteiger charge is 2.10. The van der Waals surface area contributed by atoms with Crippen molar-refractivity contribution in [2.24, 2.45) is 0 Å². The lowest BCUT2D eigenvalue weighted by atomic mass is 10.2. The van der Waals surface area contributed by atoms with Gasteiger partial charge >= 0.3 is 0 Å². The first kappa shape index (κ1) is 11.6. The standard InChI is InChI=1S/C12H8FN3S2/c1-7-5-17-12(16-7)18-11-8-3-2-4-9(13)10(8)14-6-15-11/h2-6H,1H3. The smallest absolute Gasteiger partial charge is 0.156 e. The second-order valence-corrected chi connectivity index (χ2v) is 5.77. The molecular formula is C12H8FN3S2. The Labute approximate surface area is 111 Å². The van der Waals surface area contributed by atoms with E-state index in [4.69, 9.17) is 0 Å². The molecule has 0 aliphatic rings. The second-order valence-electron chi connectivity index (χ2n) is 3.67. The highest BCUT2D eigenvalue weighted by atomic mass is 32.2. The Morgan fingerprint density at radius 2 is 2.17 bits per heavy atom. The fraction of sp³-hybridized carbons (Fsp3) is 0.0833. The predicted molar refractivity (Wildman–Crippen MR) is 70.5 cm³/mol. The first-order chi connectivity index (χ1) is 8.74. The SMILES string of the molecule is Cc1csc(Sc2ncnc3c(F)cccc23)n1. The Kier molecular flexibility index (Phi) is 2.97. The molecule has 1 aromatic carbocycles. The van der Waals surface area contributed by atoms with Crippen molar-refractivity contribution in [3.63, 3.8) is 0 Å². The summed E-state index contributed by atoms with van der Waals surface area (Å²) in [5.74, 6) is -0.327. The molecule has 0 saturated carbocycles. The average molecular weight is 277 g/mol. The van der Waals surface area contributed by atoms with Gasteiger partial charge in [0.25, 0.3) is 0 Å². The zero-order valence-corrected chi connectivity index (χ0v) is 11.1. The number of hydrogen-bond donors (Lipinski definition) is 0. The number of halogens is 1. The van der Waals surface area contributed by atoms with E-state index in [1.807, 2.05) is 18.4 Å². The van der Waals surface area contributed by atoms with Crippen molar-refractivity contribution >= 4 is 34.0 Å². The van der Waals surface area contributed by atoms with Gasteiger partial charge < -0.3 is 0 Å². The molecule has 0 unspecified atom stereocenters. The Balaban J connectivity index is 2.09. The summed E-state index contributed by atoms with van der Waals surface area (Å²) in [5, 5.41) is 3.43. The minimum atomic E-state index is -0.327. The summed E-state index contributed by atoms with van der Waals surface area (Å²) < 4.78 is 14.5. The number of benzene rings is 1. The van der Waals surface area contributed by atoms with Crippen molar-refractivity contribution < 1.29 is 4.39 Å². The van der Waals surface area contributed by atoms with E-state index < -0.39 is 0 Å². The van der Waals surface area contributed by atoms with Gasteiger partial charge in [-0.05, 0) is 30.8 Å². The third-order valence-corrected chi connectivity index (χ3v) is 4.44. The summed E-state index contributed by atoms with van der Waals surface area (Å²) in [5.41, 5.74) is 1.33. The van der Waals surface area contributed by atoms with Gasteiger partial charge in [0, 0.05) is 16.5 Å². The quantitative estimate of drug-likeness (QED) is 0.670. The number of thiazole rings is 1. The number of rotatable bonds is 2. The van der Waals surface area contributed by atoms with Crippen molar-refractivity contribution in [2.75, 3.05) is 0 Å². The van der Waals surface area contributed by atoms with Crippen LogP contribution in [0.5, 0.6) is 0 Å². The lowest BCUT2D eigenvalue weighted by Crippen LogP contribution is -1.89. The predicted octanol–water partition coefficient (Wildman–Crippen LogP) is 3.69. The zero-order chi connectivity index (χ0) is 12.5. The van der Waals surface area contributed by atoms with Crippen LogP contribution in [0.25, 0.3) is 10.9 Å². The summed E-state index contributed by atoms with van der Waals surface area (Å²) >= 11 is 2.99. The molecule has 3 rings (SSSR count). The fourth-order valence-electron chi connectivity index (χ4n) is 1.57. The molecule has 90 valence electrons. The van der Waals surface area contributed by atoms with Crippen molar-refractivity contribution in [3.8, 4) is 0 Å². The molecule has 0 aliphatic heterocycles. The number of aryl methyl sites for hydroxylation is 1. The van der Waals surface area contributed by atoms with E-state index in [1.165, 1.54) is 24.2 Å². The summed E-state index contributed by atoms with van der Waals surface area (Å²) in [6.45, 7) is 1.94. The van der Waals surface area contributed by atoms with Crippen LogP contribution in [0.3, 0.4) is 0 Å². The van der Waals surface area contributed by atoms with Crippen molar-refractivity contribution in [1.29, 1.82) is 0 Å². The molecule has 0 radical (unpaired) electrons. The molecule has 0 bridgehead atoms. The third kappa shape index (κ3) is 2.09. The van der Waals surface area contributed by atoms with Crippen LogP contribution in [0.1, 0.15) is 5.69 Å². The van der Waals surface area contributed by atoms with Gasteiger partial charge in [-0.3, -0.25) is 0 Å². The largest absolute Gasteiger partial charge is 0.235 e. The van der Waals surface area contributed by atoms with Crippen LogP contribution in [0, 0.1) is 12.7 Å². The molecule has 0 N–H and O–H groups in total. The Morgan fingerprint density at radius 1 is 1.28 bits per heavy atom. The Bertz CT molecular complexity index is 711. The highest BCUT2D eigenvalue weighted by molar-refractivity contribution is 8.01. The first-order valence-corrected chi connectivity index (χ1v) is 6.93.